The highest BCUT2D eigenvalue weighted by Gasteiger charge is 2.40. The molecule has 1 amide bonds. The van der Waals surface area contributed by atoms with Gasteiger partial charge in [-0.15, -0.1) is 0 Å². The van der Waals surface area contributed by atoms with Crippen molar-refractivity contribution in [2.75, 3.05) is 26.2 Å². The lowest BCUT2D eigenvalue weighted by Crippen LogP contribution is -2.50. The Balaban J connectivity index is 2.80. The Morgan fingerprint density at radius 1 is 1.42 bits per heavy atom. The van der Waals surface area contributed by atoms with Gasteiger partial charge in [-0.2, -0.15) is 5.26 Å². The number of hydrogen-bond acceptors (Lipinski definition) is 3. The van der Waals surface area contributed by atoms with Crippen LogP contribution in [0.3, 0.4) is 0 Å². The lowest BCUT2D eigenvalue weighted by Gasteiger charge is -2.40. The minimum Gasteiger partial charge on any atom is -0.341 e. The summed E-state index contributed by atoms with van der Waals surface area (Å²) < 4.78 is 0. The minimum absolute atomic E-state index is 0.199. The van der Waals surface area contributed by atoms with Gasteiger partial charge in [-0.05, 0) is 38.3 Å². The second-order valence-corrected chi connectivity index (χ2v) is 5.94. The number of rotatable bonds is 6. The Hall–Kier alpha value is -1.08. The Kier molecular flexibility index (Phi) is 6.30. The lowest BCUT2D eigenvalue weighted by atomic mass is 9.75. The molecule has 1 fully saturated rings. The van der Waals surface area contributed by atoms with Crippen molar-refractivity contribution in [1.29, 1.82) is 5.26 Å². The van der Waals surface area contributed by atoms with Gasteiger partial charge in [-0.25, -0.2) is 0 Å². The van der Waals surface area contributed by atoms with Crippen LogP contribution >= 0.6 is 0 Å². The smallest absolute Gasteiger partial charge is 0.228 e. The molecule has 0 spiro atoms. The predicted octanol–water partition coefficient (Wildman–Crippen LogP) is 2.16. The van der Waals surface area contributed by atoms with Gasteiger partial charge in [0, 0.05) is 13.1 Å². The summed E-state index contributed by atoms with van der Waals surface area (Å²) in [7, 11) is 0. The third kappa shape index (κ3) is 4.21. The van der Waals surface area contributed by atoms with Crippen LogP contribution in [0.1, 0.15) is 46.5 Å². The summed E-state index contributed by atoms with van der Waals surface area (Å²) in [5.74, 6) is 0.707. The van der Waals surface area contributed by atoms with E-state index in [9.17, 15) is 4.79 Å². The maximum atomic E-state index is 12.9. The summed E-state index contributed by atoms with van der Waals surface area (Å²) in [6, 6.07) is 2.15. The fourth-order valence-electron chi connectivity index (χ4n) is 2.86. The molecular formula is C15H27N3O. The summed E-state index contributed by atoms with van der Waals surface area (Å²) in [5.41, 5.74) is -0.199. The van der Waals surface area contributed by atoms with Crippen LogP contribution in [0.5, 0.6) is 0 Å². The quantitative estimate of drug-likeness (QED) is 0.800. The second-order valence-electron chi connectivity index (χ2n) is 5.94. The van der Waals surface area contributed by atoms with Crippen LogP contribution in [0, 0.1) is 22.7 Å². The molecule has 1 saturated heterocycles. The molecule has 1 heterocycles. The molecule has 19 heavy (non-hydrogen) atoms. The molecule has 4 heteroatoms. The zero-order chi connectivity index (χ0) is 14.3. The predicted molar refractivity (Wildman–Crippen MR) is 76.5 cm³/mol. The van der Waals surface area contributed by atoms with Gasteiger partial charge in [0.25, 0.3) is 0 Å². The molecule has 1 N–H and O–H groups in total. The number of amides is 1. The van der Waals surface area contributed by atoms with E-state index in [0.717, 1.165) is 38.9 Å². The SMILES string of the molecule is CCC1(C(=O)N(CCC#N)CC(C)C)CCNCC1. The van der Waals surface area contributed by atoms with Crippen molar-refractivity contribution in [2.45, 2.75) is 46.5 Å². The summed E-state index contributed by atoms with van der Waals surface area (Å²) >= 11 is 0. The number of nitrogens with one attached hydrogen (secondary N) is 1. The number of piperidine rings is 1. The zero-order valence-electron chi connectivity index (χ0n) is 12.5. The number of nitriles is 1. The minimum atomic E-state index is -0.199. The second kappa shape index (κ2) is 7.49. The van der Waals surface area contributed by atoms with E-state index < -0.39 is 0 Å². The van der Waals surface area contributed by atoms with E-state index in [1.165, 1.54) is 0 Å². The third-order valence-corrected chi connectivity index (χ3v) is 4.06. The van der Waals surface area contributed by atoms with E-state index in [0.29, 0.717) is 18.9 Å². The van der Waals surface area contributed by atoms with Gasteiger partial charge in [0.1, 0.15) is 0 Å². The molecular weight excluding hydrogens is 238 g/mol. The van der Waals surface area contributed by atoms with Gasteiger partial charge in [0.2, 0.25) is 5.91 Å². The van der Waals surface area contributed by atoms with Gasteiger partial charge in [0.15, 0.2) is 0 Å². The lowest BCUT2D eigenvalue weighted by molar-refractivity contribution is -0.144. The molecule has 1 aliphatic rings. The number of hydrogen-bond donors (Lipinski definition) is 1. The van der Waals surface area contributed by atoms with E-state index in [1.807, 2.05) is 4.90 Å². The molecule has 108 valence electrons. The highest BCUT2D eigenvalue weighted by molar-refractivity contribution is 5.83. The standard InChI is InChI=1S/C15H27N3O/c1-4-15(6-9-17-10-7-15)14(19)18(11-5-8-16)12-13(2)3/h13,17H,4-7,9-12H2,1-3H3. The van der Waals surface area contributed by atoms with Crippen LogP contribution in [0.15, 0.2) is 0 Å². The summed E-state index contributed by atoms with van der Waals surface area (Å²) in [6.07, 6.45) is 3.16. The summed E-state index contributed by atoms with van der Waals surface area (Å²) in [4.78, 5) is 14.8. The molecule has 0 aromatic rings. The van der Waals surface area contributed by atoms with E-state index in [-0.39, 0.29) is 11.3 Å². The van der Waals surface area contributed by atoms with Crippen LogP contribution in [0.25, 0.3) is 0 Å². The molecule has 1 rings (SSSR count). The first-order chi connectivity index (χ1) is 9.05. The van der Waals surface area contributed by atoms with Crippen molar-refractivity contribution in [3.8, 4) is 6.07 Å². The van der Waals surface area contributed by atoms with Gasteiger partial charge >= 0.3 is 0 Å². The number of carbonyl (C=O) groups is 1. The van der Waals surface area contributed by atoms with Crippen molar-refractivity contribution < 1.29 is 4.79 Å². The average Bonchev–Trinajstić information content (AvgIpc) is 2.43. The topological polar surface area (TPSA) is 56.1 Å². The van der Waals surface area contributed by atoms with E-state index in [4.69, 9.17) is 5.26 Å². The Morgan fingerprint density at radius 2 is 2.05 bits per heavy atom. The highest BCUT2D eigenvalue weighted by Crippen LogP contribution is 2.35. The van der Waals surface area contributed by atoms with Gasteiger partial charge in [-0.1, -0.05) is 20.8 Å². The van der Waals surface area contributed by atoms with Crippen LogP contribution in [-0.4, -0.2) is 37.0 Å². The largest absolute Gasteiger partial charge is 0.341 e. The molecule has 0 atom stereocenters. The van der Waals surface area contributed by atoms with Crippen molar-refractivity contribution in [3.05, 3.63) is 0 Å². The third-order valence-electron chi connectivity index (χ3n) is 4.06. The van der Waals surface area contributed by atoms with Crippen LogP contribution in [-0.2, 0) is 4.79 Å². The van der Waals surface area contributed by atoms with Crippen molar-refractivity contribution in [3.63, 3.8) is 0 Å². The first-order valence-electron chi connectivity index (χ1n) is 7.43. The first kappa shape index (κ1) is 16.0. The number of carbonyl (C=O) groups excluding carboxylic acids is 1. The molecule has 0 aromatic heterocycles. The molecule has 0 radical (unpaired) electrons. The Labute approximate surface area is 117 Å². The van der Waals surface area contributed by atoms with Crippen LogP contribution in [0.2, 0.25) is 0 Å². The van der Waals surface area contributed by atoms with Gasteiger partial charge < -0.3 is 10.2 Å². The summed E-state index contributed by atoms with van der Waals surface area (Å²) in [5, 5.41) is 12.1. The first-order valence-corrected chi connectivity index (χ1v) is 7.43. The van der Waals surface area contributed by atoms with E-state index >= 15 is 0 Å². The molecule has 0 aliphatic carbocycles. The summed E-state index contributed by atoms with van der Waals surface area (Å²) in [6.45, 7) is 9.53. The average molecular weight is 265 g/mol. The molecule has 0 bridgehead atoms. The molecule has 0 unspecified atom stereocenters. The van der Waals surface area contributed by atoms with Crippen molar-refractivity contribution in [1.82, 2.24) is 10.2 Å². The molecule has 0 aromatic carbocycles. The van der Waals surface area contributed by atoms with Crippen LogP contribution in [0.4, 0.5) is 0 Å². The van der Waals surface area contributed by atoms with Crippen LogP contribution < -0.4 is 5.32 Å². The maximum Gasteiger partial charge on any atom is 0.228 e. The van der Waals surface area contributed by atoms with Gasteiger partial charge in [-0.3, -0.25) is 4.79 Å². The van der Waals surface area contributed by atoms with Crippen molar-refractivity contribution >= 4 is 5.91 Å². The monoisotopic (exact) mass is 265 g/mol. The Bertz CT molecular complexity index is 327. The molecule has 0 saturated carbocycles. The normalized spacial score (nSPS) is 18.1. The fourth-order valence-corrected chi connectivity index (χ4v) is 2.86. The number of nitrogens with zero attached hydrogens (tertiary/aromatic N) is 2. The van der Waals surface area contributed by atoms with Crippen molar-refractivity contribution in [2.24, 2.45) is 11.3 Å². The van der Waals surface area contributed by atoms with E-state index in [2.05, 4.69) is 32.2 Å². The fraction of sp³-hybridized carbons (Fsp3) is 0.867. The highest BCUT2D eigenvalue weighted by atomic mass is 16.2. The maximum absolute atomic E-state index is 12.9. The molecule has 1 aliphatic heterocycles. The Morgan fingerprint density at radius 3 is 2.53 bits per heavy atom. The van der Waals surface area contributed by atoms with E-state index in [1.54, 1.807) is 0 Å². The zero-order valence-corrected chi connectivity index (χ0v) is 12.5. The van der Waals surface area contributed by atoms with Gasteiger partial charge in [0.05, 0.1) is 17.9 Å². The molecule has 4 nitrogen and oxygen atoms in total.